The molecule has 15 heavy (non-hydrogen) atoms. The molecule has 1 N–H and O–H groups in total. The lowest BCUT2D eigenvalue weighted by molar-refractivity contribution is 0.771. The molecule has 1 aromatic heterocycles. The molecule has 0 aliphatic carbocycles. The van der Waals surface area contributed by atoms with Crippen LogP contribution in [0.3, 0.4) is 0 Å². The first kappa shape index (κ1) is 11.9. The van der Waals surface area contributed by atoms with E-state index >= 15 is 0 Å². The van der Waals surface area contributed by atoms with Crippen molar-refractivity contribution in [3.63, 3.8) is 0 Å². The van der Waals surface area contributed by atoms with E-state index in [1.165, 1.54) is 0 Å². The maximum absolute atomic E-state index is 8.85. The minimum absolute atomic E-state index is 0.369. The van der Waals surface area contributed by atoms with Crippen LogP contribution >= 0.6 is 11.8 Å². The van der Waals surface area contributed by atoms with E-state index in [4.69, 9.17) is 5.26 Å². The summed E-state index contributed by atoms with van der Waals surface area (Å²) in [6.45, 7) is 2.12. The third-order valence-corrected chi connectivity index (χ3v) is 2.71. The van der Waals surface area contributed by atoms with Gasteiger partial charge in [-0.1, -0.05) is 0 Å². The number of nitriles is 1. The third kappa shape index (κ3) is 3.80. The van der Waals surface area contributed by atoms with Gasteiger partial charge in [0.2, 0.25) is 0 Å². The Labute approximate surface area is 94.9 Å². The lowest BCUT2D eigenvalue weighted by Gasteiger charge is -2.14. The van der Waals surface area contributed by atoms with Crippen molar-refractivity contribution in [2.75, 3.05) is 17.3 Å². The molecule has 0 fully saturated rings. The molecule has 1 heterocycles. The van der Waals surface area contributed by atoms with Crippen LogP contribution in [0, 0.1) is 11.3 Å². The second kappa shape index (κ2) is 6.31. The maximum Gasteiger partial charge on any atom is 0.163 e. The van der Waals surface area contributed by atoms with Crippen molar-refractivity contribution in [1.82, 2.24) is 4.98 Å². The Morgan fingerprint density at radius 3 is 3.13 bits per heavy atom. The van der Waals surface area contributed by atoms with E-state index in [0.717, 1.165) is 17.9 Å². The van der Waals surface area contributed by atoms with Gasteiger partial charge in [0.25, 0.3) is 0 Å². The molecule has 1 rings (SSSR count). The topological polar surface area (TPSA) is 48.7 Å². The van der Waals surface area contributed by atoms with Crippen LogP contribution in [0.2, 0.25) is 0 Å². The smallest absolute Gasteiger partial charge is 0.163 e. The summed E-state index contributed by atoms with van der Waals surface area (Å²) < 4.78 is 0. The van der Waals surface area contributed by atoms with Gasteiger partial charge in [-0.3, -0.25) is 0 Å². The summed E-state index contributed by atoms with van der Waals surface area (Å²) in [7, 11) is 0. The largest absolute Gasteiger partial charge is 0.380 e. The maximum atomic E-state index is 8.85. The Hall–Kier alpha value is -1.21. The van der Waals surface area contributed by atoms with Crippen LogP contribution in [-0.4, -0.2) is 23.0 Å². The van der Waals surface area contributed by atoms with Crippen molar-refractivity contribution in [3.05, 3.63) is 24.0 Å². The molecular formula is C11H15N3S. The van der Waals surface area contributed by atoms with Crippen molar-refractivity contribution in [2.45, 2.75) is 19.4 Å². The highest BCUT2D eigenvalue weighted by molar-refractivity contribution is 7.98. The number of nitrogens with one attached hydrogen (secondary N) is 1. The summed E-state index contributed by atoms with van der Waals surface area (Å²) in [5.74, 6) is 1.12. The van der Waals surface area contributed by atoms with Gasteiger partial charge in [0.1, 0.15) is 6.07 Å². The molecule has 1 atom stereocenters. The number of pyridine rings is 1. The van der Waals surface area contributed by atoms with E-state index in [1.54, 1.807) is 6.20 Å². The van der Waals surface area contributed by atoms with E-state index in [2.05, 4.69) is 29.5 Å². The predicted octanol–water partition coefficient (Wildman–Crippen LogP) is 2.51. The minimum atomic E-state index is 0.369. The van der Waals surface area contributed by atoms with Crippen LogP contribution in [0.25, 0.3) is 0 Å². The highest BCUT2D eigenvalue weighted by atomic mass is 32.2. The summed E-state index contributed by atoms with van der Waals surface area (Å²) in [6, 6.07) is 6.18. The molecule has 0 aliphatic rings. The van der Waals surface area contributed by atoms with Gasteiger partial charge in [-0.15, -0.1) is 0 Å². The van der Waals surface area contributed by atoms with E-state index in [0.29, 0.717) is 11.7 Å². The standard InChI is InChI=1S/C11H15N3S/c1-9(5-7-15-2)14-10-4-3-6-13-11(10)8-12/h3-4,6,9,14H,5,7H2,1-2H3. The Morgan fingerprint density at radius 1 is 1.67 bits per heavy atom. The van der Waals surface area contributed by atoms with Crippen LogP contribution in [-0.2, 0) is 0 Å². The predicted molar refractivity (Wildman–Crippen MR) is 65.0 cm³/mol. The zero-order valence-corrected chi connectivity index (χ0v) is 9.84. The molecule has 4 heteroatoms. The highest BCUT2D eigenvalue weighted by Gasteiger charge is 2.05. The average Bonchev–Trinajstić information content (AvgIpc) is 2.27. The van der Waals surface area contributed by atoms with Gasteiger partial charge in [0, 0.05) is 12.2 Å². The van der Waals surface area contributed by atoms with Crippen LogP contribution in [0.5, 0.6) is 0 Å². The second-order valence-corrected chi connectivity index (χ2v) is 4.32. The van der Waals surface area contributed by atoms with Gasteiger partial charge in [-0.05, 0) is 37.5 Å². The van der Waals surface area contributed by atoms with E-state index in [-0.39, 0.29) is 0 Å². The molecule has 0 bridgehead atoms. The molecule has 0 radical (unpaired) electrons. The van der Waals surface area contributed by atoms with Crippen LogP contribution in [0.1, 0.15) is 19.0 Å². The van der Waals surface area contributed by atoms with Crippen molar-refractivity contribution in [2.24, 2.45) is 0 Å². The number of hydrogen-bond acceptors (Lipinski definition) is 4. The second-order valence-electron chi connectivity index (χ2n) is 3.34. The van der Waals surface area contributed by atoms with Crippen molar-refractivity contribution in [3.8, 4) is 6.07 Å². The lowest BCUT2D eigenvalue weighted by Crippen LogP contribution is -2.16. The summed E-state index contributed by atoms with van der Waals surface area (Å²) in [4.78, 5) is 4.00. The van der Waals surface area contributed by atoms with Gasteiger partial charge in [-0.2, -0.15) is 17.0 Å². The van der Waals surface area contributed by atoms with Crippen molar-refractivity contribution < 1.29 is 0 Å². The number of nitrogens with zero attached hydrogens (tertiary/aromatic N) is 2. The Balaban J connectivity index is 2.60. The molecule has 1 aromatic rings. The van der Waals surface area contributed by atoms with Gasteiger partial charge < -0.3 is 5.32 Å². The Kier molecular flexibility index (Phi) is 4.99. The molecule has 0 saturated heterocycles. The van der Waals surface area contributed by atoms with Gasteiger partial charge in [0.05, 0.1) is 5.69 Å². The fraction of sp³-hybridized carbons (Fsp3) is 0.455. The van der Waals surface area contributed by atoms with Gasteiger partial charge >= 0.3 is 0 Å². The van der Waals surface area contributed by atoms with Crippen LogP contribution < -0.4 is 5.32 Å². The first-order chi connectivity index (χ1) is 7.27. The molecule has 0 aliphatic heterocycles. The number of anilines is 1. The van der Waals surface area contributed by atoms with E-state index in [1.807, 2.05) is 23.9 Å². The molecule has 80 valence electrons. The fourth-order valence-corrected chi connectivity index (χ4v) is 1.83. The Bertz CT molecular complexity index is 346. The quantitative estimate of drug-likeness (QED) is 0.830. The van der Waals surface area contributed by atoms with Gasteiger partial charge in [0.15, 0.2) is 5.69 Å². The van der Waals surface area contributed by atoms with Gasteiger partial charge in [-0.25, -0.2) is 4.98 Å². The number of aromatic nitrogens is 1. The molecule has 0 aromatic carbocycles. The molecule has 1 unspecified atom stereocenters. The summed E-state index contributed by atoms with van der Waals surface area (Å²) in [5.41, 5.74) is 1.29. The summed E-state index contributed by atoms with van der Waals surface area (Å²) in [6.07, 6.45) is 4.81. The summed E-state index contributed by atoms with van der Waals surface area (Å²) in [5, 5.41) is 12.1. The summed E-state index contributed by atoms with van der Waals surface area (Å²) >= 11 is 1.83. The first-order valence-corrected chi connectivity index (χ1v) is 6.28. The van der Waals surface area contributed by atoms with Crippen LogP contribution in [0.15, 0.2) is 18.3 Å². The van der Waals surface area contributed by atoms with E-state index in [9.17, 15) is 0 Å². The van der Waals surface area contributed by atoms with Crippen molar-refractivity contribution >= 4 is 17.4 Å². The molecule has 0 saturated carbocycles. The lowest BCUT2D eigenvalue weighted by atomic mass is 10.2. The SMILES string of the molecule is CSCCC(C)Nc1cccnc1C#N. The van der Waals surface area contributed by atoms with E-state index < -0.39 is 0 Å². The third-order valence-electron chi connectivity index (χ3n) is 2.07. The molecule has 0 spiro atoms. The molecule has 0 amide bonds. The normalized spacial score (nSPS) is 11.8. The average molecular weight is 221 g/mol. The van der Waals surface area contributed by atoms with Crippen molar-refractivity contribution in [1.29, 1.82) is 5.26 Å². The zero-order chi connectivity index (χ0) is 11.1. The molecule has 3 nitrogen and oxygen atoms in total. The number of hydrogen-bond donors (Lipinski definition) is 1. The zero-order valence-electron chi connectivity index (χ0n) is 9.03. The Morgan fingerprint density at radius 2 is 2.47 bits per heavy atom. The number of thioether (sulfide) groups is 1. The monoisotopic (exact) mass is 221 g/mol. The fourth-order valence-electron chi connectivity index (χ4n) is 1.24. The highest BCUT2D eigenvalue weighted by Crippen LogP contribution is 2.13. The number of rotatable bonds is 5. The molecular weight excluding hydrogens is 206 g/mol. The first-order valence-electron chi connectivity index (χ1n) is 4.88. The minimum Gasteiger partial charge on any atom is -0.380 e. The van der Waals surface area contributed by atoms with Crippen LogP contribution in [0.4, 0.5) is 5.69 Å².